The molecule has 9 heteroatoms. The lowest BCUT2D eigenvalue weighted by molar-refractivity contribution is -0.116. The first-order chi connectivity index (χ1) is 15.1. The van der Waals surface area contributed by atoms with Gasteiger partial charge in [0.1, 0.15) is 5.82 Å². The van der Waals surface area contributed by atoms with Crippen molar-refractivity contribution in [2.24, 2.45) is 0 Å². The van der Waals surface area contributed by atoms with E-state index in [-0.39, 0.29) is 18.7 Å². The number of furan rings is 1. The third kappa shape index (κ3) is 5.21. The fraction of sp³-hybridized carbons (Fsp3) is 0.0909. The second-order valence-electron chi connectivity index (χ2n) is 6.58. The molecule has 2 amide bonds. The molecule has 2 aromatic carbocycles. The molecule has 0 aliphatic heterocycles. The second kappa shape index (κ2) is 9.04. The zero-order chi connectivity index (χ0) is 21.6. The summed E-state index contributed by atoms with van der Waals surface area (Å²) in [5.41, 5.74) is 1.12. The van der Waals surface area contributed by atoms with Crippen LogP contribution in [0.5, 0.6) is 0 Å². The number of aromatic nitrogens is 2. The molecule has 2 heterocycles. The number of carbonyl (C=O) groups excluding carboxylic acids is 2. The van der Waals surface area contributed by atoms with Crippen LogP contribution >= 0.6 is 0 Å². The Balaban J connectivity index is 1.33. The lowest BCUT2D eigenvalue weighted by atomic mass is 10.1. The Morgan fingerprint density at radius 1 is 0.968 bits per heavy atom. The van der Waals surface area contributed by atoms with E-state index < -0.39 is 11.7 Å². The number of rotatable bonds is 7. The van der Waals surface area contributed by atoms with Crippen LogP contribution in [-0.2, 0) is 11.2 Å². The summed E-state index contributed by atoms with van der Waals surface area (Å²) in [4.78, 5) is 28.8. The molecule has 156 valence electrons. The molecule has 0 spiro atoms. The highest BCUT2D eigenvalue weighted by atomic mass is 19.1. The third-order valence-electron chi connectivity index (χ3n) is 4.27. The second-order valence-corrected chi connectivity index (χ2v) is 6.58. The van der Waals surface area contributed by atoms with Gasteiger partial charge in [0.15, 0.2) is 5.76 Å². The summed E-state index contributed by atoms with van der Waals surface area (Å²) in [7, 11) is 0. The number of aryl methyl sites for hydroxylation is 1. The fourth-order valence-electron chi connectivity index (χ4n) is 2.81. The number of benzene rings is 2. The number of amides is 2. The Morgan fingerprint density at radius 3 is 2.55 bits per heavy atom. The van der Waals surface area contributed by atoms with E-state index in [1.54, 1.807) is 36.4 Å². The van der Waals surface area contributed by atoms with Crippen molar-refractivity contribution in [1.82, 2.24) is 10.1 Å². The number of carbonyl (C=O) groups is 2. The molecule has 0 aliphatic carbocycles. The highest BCUT2D eigenvalue weighted by Crippen LogP contribution is 2.17. The van der Waals surface area contributed by atoms with E-state index in [0.29, 0.717) is 34.4 Å². The van der Waals surface area contributed by atoms with Gasteiger partial charge in [-0.2, -0.15) is 4.98 Å². The fourth-order valence-corrected chi connectivity index (χ4v) is 2.81. The van der Waals surface area contributed by atoms with Gasteiger partial charge in [0.05, 0.1) is 6.26 Å². The summed E-state index contributed by atoms with van der Waals surface area (Å²) in [6.45, 7) is 0. The normalized spacial score (nSPS) is 10.6. The van der Waals surface area contributed by atoms with Crippen LogP contribution in [0.1, 0.15) is 22.7 Å². The minimum atomic E-state index is -0.448. The predicted molar refractivity (Wildman–Crippen MR) is 110 cm³/mol. The Bertz CT molecular complexity index is 1200. The van der Waals surface area contributed by atoms with Gasteiger partial charge in [0.2, 0.25) is 17.6 Å². The van der Waals surface area contributed by atoms with Gasteiger partial charge in [-0.25, -0.2) is 4.39 Å². The van der Waals surface area contributed by atoms with Crippen molar-refractivity contribution in [3.8, 4) is 11.6 Å². The first-order valence-electron chi connectivity index (χ1n) is 9.40. The molecule has 0 bridgehead atoms. The number of hydrogen-bond donors (Lipinski definition) is 2. The van der Waals surface area contributed by atoms with Crippen LogP contribution in [0.25, 0.3) is 11.6 Å². The van der Waals surface area contributed by atoms with Crippen molar-refractivity contribution in [3.63, 3.8) is 0 Å². The molecule has 4 aromatic rings. The van der Waals surface area contributed by atoms with Gasteiger partial charge in [0, 0.05) is 29.8 Å². The van der Waals surface area contributed by atoms with Gasteiger partial charge in [0.25, 0.3) is 5.91 Å². The average Bonchev–Trinajstić information content (AvgIpc) is 3.44. The molecule has 0 saturated heterocycles. The molecule has 2 N–H and O–H groups in total. The van der Waals surface area contributed by atoms with E-state index in [1.807, 2.05) is 0 Å². The maximum atomic E-state index is 13.3. The number of halogens is 1. The monoisotopic (exact) mass is 420 g/mol. The van der Waals surface area contributed by atoms with Gasteiger partial charge in [-0.15, -0.1) is 0 Å². The summed E-state index contributed by atoms with van der Waals surface area (Å²) in [5, 5.41) is 9.15. The Labute approximate surface area is 176 Å². The van der Waals surface area contributed by atoms with Crippen LogP contribution in [-0.4, -0.2) is 22.0 Å². The first-order valence-corrected chi connectivity index (χ1v) is 9.40. The molecular formula is C22H17FN4O4. The first kappa shape index (κ1) is 20.0. The van der Waals surface area contributed by atoms with Crippen molar-refractivity contribution in [3.05, 3.63) is 84.2 Å². The van der Waals surface area contributed by atoms with Gasteiger partial charge >= 0.3 is 0 Å². The van der Waals surface area contributed by atoms with E-state index in [0.717, 1.165) is 0 Å². The third-order valence-corrected chi connectivity index (χ3v) is 4.27. The highest BCUT2D eigenvalue weighted by molar-refractivity contribution is 6.05. The molecule has 0 unspecified atom stereocenters. The zero-order valence-corrected chi connectivity index (χ0v) is 16.2. The van der Waals surface area contributed by atoms with E-state index in [2.05, 4.69) is 20.8 Å². The standard InChI is InChI=1S/C22H17FN4O4/c23-15-5-2-7-17(13-15)25-22(29)14-4-1-6-16(12-14)24-19(28)9-10-20-26-21(27-31-20)18-8-3-11-30-18/h1-8,11-13H,9-10H2,(H,24,28)(H,25,29). The summed E-state index contributed by atoms with van der Waals surface area (Å²) in [6.07, 6.45) is 1.87. The van der Waals surface area contributed by atoms with Crippen LogP contribution in [0.2, 0.25) is 0 Å². The van der Waals surface area contributed by atoms with Gasteiger partial charge in [-0.3, -0.25) is 9.59 Å². The van der Waals surface area contributed by atoms with Gasteiger partial charge in [-0.1, -0.05) is 17.3 Å². The number of anilines is 2. The molecule has 0 aliphatic rings. The lowest BCUT2D eigenvalue weighted by Gasteiger charge is -2.08. The molecule has 2 aromatic heterocycles. The van der Waals surface area contributed by atoms with E-state index >= 15 is 0 Å². The molecule has 0 radical (unpaired) electrons. The van der Waals surface area contributed by atoms with E-state index in [9.17, 15) is 14.0 Å². The maximum Gasteiger partial charge on any atom is 0.255 e. The maximum absolute atomic E-state index is 13.3. The number of nitrogens with one attached hydrogen (secondary N) is 2. The molecule has 8 nitrogen and oxygen atoms in total. The molecule has 4 rings (SSSR count). The van der Waals surface area contributed by atoms with Crippen LogP contribution in [0.15, 0.2) is 75.9 Å². The SMILES string of the molecule is O=C(CCc1nc(-c2ccco2)no1)Nc1cccc(C(=O)Nc2cccc(F)c2)c1. The van der Waals surface area contributed by atoms with Crippen molar-refractivity contribution in [1.29, 1.82) is 0 Å². The molecular weight excluding hydrogens is 403 g/mol. The molecule has 0 saturated carbocycles. The van der Waals surface area contributed by atoms with Crippen LogP contribution in [0.3, 0.4) is 0 Å². The summed E-state index contributed by atoms with van der Waals surface area (Å²) in [6, 6.07) is 15.5. The van der Waals surface area contributed by atoms with Crippen LogP contribution < -0.4 is 10.6 Å². The van der Waals surface area contributed by atoms with Crippen LogP contribution in [0, 0.1) is 5.82 Å². The van der Waals surface area contributed by atoms with Crippen LogP contribution in [0.4, 0.5) is 15.8 Å². The topological polar surface area (TPSA) is 110 Å². The molecule has 0 fully saturated rings. The smallest absolute Gasteiger partial charge is 0.255 e. The van der Waals surface area contributed by atoms with Crippen molar-refractivity contribution >= 4 is 23.2 Å². The Hall–Kier alpha value is -4.27. The minimum absolute atomic E-state index is 0.111. The van der Waals surface area contributed by atoms with E-state index in [1.165, 1.54) is 30.5 Å². The quantitative estimate of drug-likeness (QED) is 0.461. The average molecular weight is 420 g/mol. The summed E-state index contributed by atoms with van der Waals surface area (Å²) >= 11 is 0. The van der Waals surface area contributed by atoms with Gasteiger partial charge < -0.3 is 19.6 Å². The molecule has 0 atom stereocenters. The largest absolute Gasteiger partial charge is 0.461 e. The summed E-state index contributed by atoms with van der Waals surface area (Å²) in [5.74, 6) is -0.0373. The zero-order valence-electron chi connectivity index (χ0n) is 16.2. The molecule has 31 heavy (non-hydrogen) atoms. The Kier molecular flexibility index (Phi) is 5.84. The highest BCUT2D eigenvalue weighted by Gasteiger charge is 2.13. The summed E-state index contributed by atoms with van der Waals surface area (Å²) < 4.78 is 23.6. The Morgan fingerprint density at radius 2 is 1.77 bits per heavy atom. The number of nitrogens with zero attached hydrogens (tertiary/aromatic N) is 2. The predicted octanol–water partition coefficient (Wildman–Crippen LogP) is 4.29. The number of hydrogen-bond acceptors (Lipinski definition) is 6. The van der Waals surface area contributed by atoms with Crippen molar-refractivity contribution < 1.29 is 22.9 Å². The van der Waals surface area contributed by atoms with Crippen molar-refractivity contribution in [2.45, 2.75) is 12.8 Å². The lowest BCUT2D eigenvalue weighted by Crippen LogP contribution is -2.15. The van der Waals surface area contributed by atoms with Gasteiger partial charge in [-0.05, 0) is 48.5 Å². The van der Waals surface area contributed by atoms with Crippen molar-refractivity contribution in [2.75, 3.05) is 10.6 Å². The minimum Gasteiger partial charge on any atom is -0.461 e. The van der Waals surface area contributed by atoms with E-state index in [4.69, 9.17) is 8.94 Å².